The maximum atomic E-state index is 5.86. The second-order valence-electron chi connectivity index (χ2n) is 5.94. The monoisotopic (exact) mass is 277 g/mol. The van der Waals surface area contributed by atoms with Gasteiger partial charge in [-0.15, -0.1) is 0 Å². The van der Waals surface area contributed by atoms with Crippen LogP contribution in [0, 0.1) is 12.3 Å². The van der Waals surface area contributed by atoms with E-state index in [2.05, 4.69) is 45.1 Å². The molecule has 3 heteroatoms. The number of ether oxygens (including phenoxy) is 2. The molecule has 1 fully saturated rings. The van der Waals surface area contributed by atoms with E-state index in [-0.39, 0.29) is 5.41 Å². The Hall–Kier alpha value is -1.22. The van der Waals surface area contributed by atoms with E-state index in [1.165, 1.54) is 5.56 Å². The third-order valence-corrected chi connectivity index (χ3v) is 4.80. The topological polar surface area (TPSA) is 30.5 Å². The van der Waals surface area contributed by atoms with E-state index in [0.717, 1.165) is 30.9 Å². The van der Waals surface area contributed by atoms with Crippen molar-refractivity contribution in [3.63, 3.8) is 0 Å². The number of aryl methyl sites for hydroxylation is 1. The first kappa shape index (κ1) is 15.2. The molecular formula is C17H27NO2. The van der Waals surface area contributed by atoms with Crippen LogP contribution < -0.4 is 10.1 Å². The SMILES string of the molecule is CCOC1CC(Nc2cc(C)ccc2OC)C1(C)CC. The third kappa shape index (κ3) is 2.64. The molecule has 0 bridgehead atoms. The van der Waals surface area contributed by atoms with E-state index in [4.69, 9.17) is 9.47 Å². The largest absolute Gasteiger partial charge is 0.495 e. The number of rotatable bonds is 6. The van der Waals surface area contributed by atoms with Crippen molar-refractivity contribution in [3.8, 4) is 5.75 Å². The Morgan fingerprint density at radius 2 is 2.10 bits per heavy atom. The predicted octanol–water partition coefficient (Wildman–Crippen LogP) is 4.01. The van der Waals surface area contributed by atoms with E-state index in [1.807, 2.05) is 6.07 Å². The second kappa shape index (κ2) is 6.04. The summed E-state index contributed by atoms with van der Waals surface area (Å²) in [6, 6.07) is 6.70. The summed E-state index contributed by atoms with van der Waals surface area (Å²) < 4.78 is 11.3. The van der Waals surface area contributed by atoms with Crippen LogP contribution in [0.15, 0.2) is 18.2 Å². The van der Waals surface area contributed by atoms with Gasteiger partial charge >= 0.3 is 0 Å². The molecule has 3 atom stereocenters. The van der Waals surface area contributed by atoms with Crippen molar-refractivity contribution >= 4 is 5.69 Å². The molecule has 0 heterocycles. The van der Waals surface area contributed by atoms with E-state index in [9.17, 15) is 0 Å². The Kier molecular flexibility index (Phi) is 4.59. The summed E-state index contributed by atoms with van der Waals surface area (Å²) in [5.41, 5.74) is 2.53. The van der Waals surface area contributed by atoms with Crippen LogP contribution >= 0.6 is 0 Å². The fraction of sp³-hybridized carbons (Fsp3) is 0.647. The van der Waals surface area contributed by atoms with E-state index in [1.54, 1.807) is 7.11 Å². The maximum Gasteiger partial charge on any atom is 0.141 e. The Bertz CT molecular complexity index is 460. The quantitative estimate of drug-likeness (QED) is 0.852. The lowest BCUT2D eigenvalue weighted by molar-refractivity contribution is -0.109. The predicted molar refractivity (Wildman–Crippen MR) is 83.6 cm³/mol. The zero-order valence-electron chi connectivity index (χ0n) is 13.3. The molecule has 3 unspecified atom stereocenters. The normalized spacial score (nSPS) is 28.9. The molecular weight excluding hydrogens is 250 g/mol. The maximum absolute atomic E-state index is 5.86. The molecule has 1 N–H and O–H groups in total. The van der Waals surface area contributed by atoms with Gasteiger partial charge in [0.1, 0.15) is 5.75 Å². The Labute approximate surface area is 122 Å². The molecule has 1 saturated carbocycles. The highest BCUT2D eigenvalue weighted by Crippen LogP contribution is 2.48. The van der Waals surface area contributed by atoms with Crippen LogP contribution in [0.3, 0.4) is 0 Å². The molecule has 0 aromatic heterocycles. The molecule has 0 spiro atoms. The lowest BCUT2D eigenvalue weighted by Gasteiger charge is -2.54. The standard InChI is InChI=1S/C17H27NO2/c1-6-17(4)15(11-16(17)20-7-2)18-13-10-12(3)8-9-14(13)19-5/h8-10,15-16,18H,6-7,11H2,1-5H3. The molecule has 1 aromatic carbocycles. The molecule has 0 aliphatic heterocycles. The van der Waals surface area contributed by atoms with Gasteiger partial charge in [-0.25, -0.2) is 0 Å². The summed E-state index contributed by atoms with van der Waals surface area (Å²) in [6.07, 6.45) is 2.55. The fourth-order valence-electron chi connectivity index (χ4n) is 3.10. The molecule has 1 aliphatic rings. The highest BCUT2D eigenvalue weighted by atomic mass is 16.5. The number of benzene rings is 1. The zero-order chi connectivity index (χ0) is 14.8. The van der Waals surface area contributed by atoms with Crippen molar-refractivity contribution in [3.05, 3.63) is 23.8 Å². The van der Waals surface area contributed by atoms with Crippen LogP contribution in [0.1, 0.15) is 39.2 Å². The van der Waals surface area contributed by atoms with Crippen LogP contribution in [-0.4, -0.2) is 25.9 Å². The Balaban J connectivity index is 2.13. The summed E-state index contributed by atoms with van der Waals surface area (Å²) in [5, 5.41) is 3.66. The van der Waals surface area contributed by atoms with Gasteiger partial charge in [-0.3, -0.25) is 0 Å². The number of methoxy groups -OCH3 is 1. The van der Waals surface area contributed by atoms with Crippen LogP contribution in [-0.2, 0) is 4.74 Å². The van der Waals surface area contributed by atoms with Crippen LogP contribution in [0.2, 0.25) is 0 Å². The molecule has 0 radical (unpaired) electrons. The molecule has 0 amide bonds. The molecule has 20 heavy (non-hydrogen) atoms. The van der Waals surface area contributed by atoms with Crippen molar-refractivity contribution < 1.29 is 9.47 Å². The van der Waals surface area contributed by atoms with Crippen LogP contribution in [0.4, 0.5) is 5.69 Å². The minimum absolute atomic E-state index is 0.199. The van der Waals surface area contributed by atoms with Gasteiger partial charge < -0.3 is 14.8 Å². The lowest BCUT2D eigenvalue weighted by Crippen LogP contribution is -2.59. The fourth-order valence-corrected chi connectivity index (χ4v) is 3.10. The van der Waals surface area contributed by atoms with Crippen molar-refractivity contribution in [2.24, 2.45) is 5.41 Å². The lowest BCUT2D eigenvalue weighted by atomic mass is 9.61. The average Bonchev–Trinajstić information content (AvgIpc) is 2.45. The molecule has 1 aromatic rings. The summed E-state index contributed by atoms with van der Waals surface area (Å²) in [5.74, 6) is 0.911. The van der Waals surface area contributed by atoms with Crippen molar-refractivity contribution in [1.29, 1.82) is 0 Å². The third-order valence-electron chi connectivity index (χ3n) is 4.80. The molecule has 0 saturated heterocycles. The van der Waals surface area contributed by atoms with Crippen LogP contribution in [0.25, 0.3) is 0 Å². The van der Waals surface area contributed by atoms with Crippen molar-refractivity contribution in [1.82, 2.24) is 0 Å². The minimum Gasteiger partial charge on any atom is -0.495 e. The minimum atomic E-state index is 0.199. The van der Waals surface area contributed by atoms with Gasteiger partial charge in [0.2, 0.25) is 0 Å². The van der Waals surface area contributed by atoms with Gasteiger partial charge in [0, 0.05) is 18.1 Å². The zero-order valence-corrected chi connectivity index (χ0v) is 13.3. The van der Waals surface area contributed by atoms with Gasteiger partial charge in [-0.05, 0) is 44.4 Å². The van der Waals surface area contributed by atoms with E-state index >= 15 is 0 Å². The van der Waals surface area contributed by atoms with Crippen LogP contribution in [0.5, 0.6) is 5.75 Å². The molecule has 112 valence electrons. The highest BCUT2D eigenvalue weighted by molar-refractivity contribution is 5.59. The summed E-state index contributed by atoms with van der Waals surface area (Å²) in [7, 11) is 1.72. The van der Waals surface area contributed by atoms with Gasteiger partial charge in [0.05, 0.1) is 18.9 Å². The smallest absolute Gasteiger partial charge is 0.141 e. The van der Waals surface area contributed by atoms with Crippen molar-refractivity contribution in [2.75, 3.05) is 19.0 Å². The highest BCUT2D eigenvalue weighted by Gasteiger charge is 2.51. The first-order valence-corrected chi connectivity index (χ1v) is 7.58. The second-order valence-corrected chi connectivity index (χ2v) is 5.94. The summed E-state index contributed by atoms with van der Waals surface area (Å²) >= 11 is 0. The van der Waals surface area contributed by atoms with E-state index in [0.29, 0.717) is 12.1 Å². The number of hydrogen-bond acceptors (Lipinski definition) is 3. The Morgan fingerprint density at radius 1 is 1.35 bits per heavy atom. The first-order chi connectivity index (χ1) is 9.55. The van der Waals surface area contributed by atoms with Crippen molar-refractivity contribution in [2.45, 2.75) is 52.7 Å². The number of anilines is 1. The number of nitrogens with one attached hydrogen (secondary N) is 1. The molecule has 2 rings (SSSR count). The summed E-state index contributed by atoms with van der Waals surface area (Å²) in [4.78, 5) is 0. The Morgan fingerprint density at radius 3 is 2.70 bits per heavy atom. The van der Waals surface area contributed by atoms with Gasteiger partial charge in [-0.2, -0.15) is 0 Å². The molecule has 1 aliphatic carbocycles. The first-order valence-electron chi connectivity index (χ1n) is 7.58. The van der Waals surface area contributed by atoms with E-state index < -0.39 is 0 Å². The van der Waals surface area contributed by atoms with Gasteiger partial charge in [-0.1, -0.05) is 19.9 Å². The average molecular weight is 277 g/mol. The van der Waals surface area contributed by atoms with Gasteiger partial charge in [0.15, 0.2) is 0 Å². The number of hydrogen-bond donors (Lipinski definition) is 1. The van der Waals surface area contributed by atoms with Gasteiger partial charge in [0.25, 0.3) is 0 Å². The molecule has 3 nitrogen and oxygen atoms in total. The summed E-state index contributed by atoms with van der Waals surface area (Å²) in [6.45, 7) is 9.53.